The van der Waals surface area contributed by atoms with Gasteiger partial charge in [-0.3, -0.25) is 4.79 Å². The molecule has 0 aliphatic heterocycles. The lowest BCUT2D eigenvalue weighted by Crippen LogP contribution is -2.32. The van der Waals surface area contributed by atoms with Crippen molar-refractivity contribution in [3.8, 4) is 5.75 Å². The summed E-state index contributed by atoms with van der Waals surface area (Å²) in [7, 11) is 1.63. The molecular formula is C18H22BrClN2O2. The van der Waals surface area contributed by atoms with Crippen molar-refractivity contribution in [2.75, 3.05) is 13.7 Å². The van der Waals surface area contributed by atoms with E-state index < -0.39 is 0 Å². The maximum absolute atomic E-state index is 12.0. The van der Waals surface area contributed by atoms with Crippen LogP contribution in [0.1, 0.15) is 23.6 Å². The smallest absolute Gasteiger partial charge is 0.220 e. The monoisotopic (exact) mass is 412 g/mol. The molecule has 0 heterocycles. The molecule has 3 N–H and O–H groups in total. The van der Waals surface area contributed by atoms with Crippen molar-refractivity contribution >= 4 is 34.2 Å². The lowest BCUT2D eigenvalue weighted by atomic mass is 10.1. The zero-order chi connectivity index (χ0) is 16.7. The Kier molecular flexibility index (Phi) is 8.82. The maximum Gasteiger partial charge on any atom is 0.220 e. The van der Waals surface area contributed by atoms with E-state index >= 15 is 0 Å². The van der Waals surface area contributed by atoms with Gasteiger partial charge in [0.25, 0.3) is 0 Å². The molecule has 0 spiro atoms. The number of methoxy groups -OCH3 is 1. The van der Waals surface area contributed by atoms with E-state index in [1.807, 2.05) is 48.5 Å². The Morgan fingerprint density at radius 3 is 2.58 bits per heavy atom. The summed E-state index contributed by atoms with van der Waals surface area (Å²) < 4.78 is 6.09. The molecule has 0 aromatic heterocycles. The molecule has 2 aromatic carbocycles. The highest BCUT2D eigenvalue weighted by molar-refractivity contribution is 9.10. The Balaban J connectivity index is 0.00000288. The number of benzene rings is 2. The number of ether oxygens (including phenoxy) is 1. The SMILES string of the molecule is COc1ccc(CCC(=O)NCC(N)c2ccccc2)cc1Br.Cl. The minimum Gasteiger partial charge on any atom is -0.496 e. The zero-order valence-electron chi connectivity index (χ0n) is 13.5. The van der Waals surface area contributed by atoms with E-state index in [0.717, 1.165) is 21.3 Å². The minimum atomic E-state index is -0.185. The second-order valence-corrected chi connectivity index (χ2v) is 6.14. The second-order valence-electron chi connectivity index (χ2n) is 5.29. The third-order valence-corrected chi connectivity index (χ3v) is 4.22. The fourth-order valence-electron chi connectivity index (χ4n) is 2.25. The topological polar surface area (TPSA) is 64.3 Å². The molecule has 0 saturated heterocycles. The van der Waals surface area contributed by atoms with Crippen molar-refractivity contribution in [1.29, 1.82) is 0 Å². The van der Waals surface area contributed by atoms with Gasteiger partial charge in [-0.25, -0.2) is 0 Å². The number of aryl methyl sites for hydroxylation is 1. The van der Waals surface area contributed by atoms with Gasteiger partial charge < -0.3 is 15.8 Å². The standard InChI is InChI=1S/C18H21BrN2O2.ClH/c1-23-17-9-7-13(11-15(17)19)8-10-18(22)21-12-16(20)14-5-3-2-4-6-14;/h2-7,9,11,16H,8,10,12,20H2,1H3,(H,21,22);1H. The van der Waals surface area contributed by atoms with Gasteiger partial charge in [0.1, 0.15) is 5.75 Å². The average Bonchev–Trinajstić information content (AvgIpc) is 2.58. The van der Waals surface area contributed by atoms with Gasteiger partial charge in [-0.2, -0.15) is 0 Å². The van der Waals surface area contributed by atoms with Crippen molar-refractivity contribution in [2.45, 2.75) is 18.9 Å². The van der Waals surface area contributed by atoms with Crippen molar-refractivity contribution in [2.24, 2.45) is 5.73 Å². The Labute approximate surface area is 157 Å². The normalized spacial score (nSPS) is 11.3. The first-order valence-corrected chi connectivity index (χ1v) is 8.29. The molecule has 130 valence electrons. The van der Waals surface area contributed by atoms with Crippen molar-refractivity contribution in [3.05, 3.63) is 64.1 Å². The largest absolute Gasteiger partial charge is 0.496 e. The third-order valence-electron chi connectivity index (χ3n) is 3.60. The van der Waals surface area contributed by atoms with E-state index in [0.29, 0.717) is 19.4 Å². The van der Waals surface area contributed by atoms with Gasteiger partial charge in [0, 0.05) is 19.0 Å². The van der Waals surface area contributed by atoms with Gasteiger partial charge >= 0.3 is 0 Å². The quantitative estimate of drug-likeness (QED) is 0.728. The Bertz CT molecular complexity index is 653. The number of carbonyl (C=O) groups is 1. The lowest BCUT2D eigenvalue weighted by molar-refractivity contribution is -0.121. The van der Waals surface area contributed by atoms with E-state index in [4.69, 9.17) is 10.5 Å². The predicted octanol–water partition coefficient (Wildman–Crippen LogP) is 3.63. The zero-order valence-corrected chi connectivity index (χ0v) is 15.9. The van der Waals surface area contributed by atoms with Gasteiger partial charge in [0.05, 0.1) is 11.6 Å². The molecule has 0 fully saturated rings. The highest BCUT2D eigenvalue weighted by Crippen LogP contribution is 2.25. The lowest BCUT2D eigenvalue weighted by Gasteiger charge is -2.13. The third kappa shape index (κ3) is 6.15. The first kappa shape index (κ1) is 20.5. The number of nitrogens with two attached hydrogens (primary N) is 1. The first-order valence-electron chi connectivity index (χ1n) is 7.50. The van der Waals surface area contributed by atoms with E-state index in [1.54, 1.807) is 7.11 Å². The van der Waals surface area contributed by atoms with Crippen LogP contribution < -0.4 is 15.8 Å². The molecule has 0 aliphatic carbocycles. The summed E-state index contributed by atoms with van der Waals surface area (Å²) >= 11 is 3.45. The van der Waals surface area contributed by atoms with Gasteiger partial charge in [-0.1, -0.05) is 36.4 Å². The van der Waals surface area contributed by atoms with Crippen LogP contribution in [0.25, 0.3) is 0 Å². The van der Waals surface area contributed by atoms with Crippen LogP contribution in [-0.4, -0.2) is 19.6 Å². The Morgan fingerprint density at radius 2 is 1.96 bits per heavy atom. The number of hydrogen-bond donors (Lipinski definition) is 2. The number of hydrogen-bond acceptors (Lipinski definition) is 3. The van der Waals surface area contributed by atoms with Crippen molar-refractivity contribution < 1.29 is 9.53 Å². The molecule has 2 rings (SSSR count). The fourth-order valence-corrected chi connectivity index (χ4v) is 2.84. The molecule has 1 unspecified atom stereocenters. The molecule has 24 heavy (non-hydrogen) atoms. The molecule has 0 bridgehead atoms. The Morgan fingerprint density at radius 1 is 1.25 bits per heavy atom. The van der Waals surface area contributed by atoms with Crippen LogP contribution in [0.3, 0.4) is 0 Å². The molecule has 0 aliphatic rings. The highest BCUT2D eigenvalue weighted by atomic mass is 79.9. The minimum absolute atomic E-state index is 0. The average molecular weight is 414 g/mol. The van der Waals surface area contributed by atoms with Crippen molar-refractivity contribution in [1.82, 2.24) is 5.32 Å². The van der Waals surface area contributed by atoms with Crippen LogP contribution in [0.5, 0.6) is 5.75 Å². The van der Waals surface area contributed by atoms with Crippen LogP contribution in [0.15, 0.2) is 53.0 Å². The van der Waals surface area contributed by atoms with Crippen molar-refractivity contribution in [3.63, 3.8) is 0 Å². The summed E-state index contributed by atoms with van der Waals surface area (Å²) in [5, 5.41) is 2.89. The van der Waals surface area contributed by atoms with Gasteiger partial charge in [0.2, 0.25) is 5.91 Å². The van der Waals surface area contributed by atoms with Crippen LogP contribution in [0.4, 0.5) is 0 Å². The Hall–Kier alpha value is -1.56. The summed E-state index contributed by atoms with van der Waals surface area (Å²) in [5.41, 5.74) is 8.17. The number of carbonyl (C=O) groups excluding carboxylic acids is 1. The van der Waals surface area contributed by atoms with E-state index in [9.17, 15) is 4.79 Å². The van der Waals surface area contributed by atoms with E-state index in [1.165, 1.54) is 0 Å². The fraction of sp³-hybridized carbons (Fsp3) is 0.278. The molecule has 1 atom stereocenters. The number of rotatable bonds is 7. The molecule has 0 radical (unpaired) electrons. The molecule has 6 heteroatoms. The maximum atomic E-state index is 12.0. The summed E-state index contributed by atoms with van der Waals surface area (Å²) in [6.07, 6.45) is 1.11. The van der Waals surface area contributed by atoms with Gasteiger partial charge in [-0.15, -0.1) is 12.4 Å². The second kappa shape index (κ2) is 10.3. The number of halogens is 2. The van der Waals surface area contributed by atoms with Crippen LogP contribution in [0, 0.1) is 0 Å². The molecule has 4 nitrogen and oxygen atoms in total. The molecule has 2 aromatic rings. The predicted molar refractivity (Wildman–Crippen MR) is 103 cm³/mol. The first-order chi connectivity index (χ1) is 11.1. The summed E-state index contributed by atoms with van der Waals surface area (Å²) in [6.45, 7) is 0.440. The van der Waals surface area contributed by atoms with Crippen LogP contribution in [-0.2, 0) is 11.2 Å². The van der Waals surface area contributed by atoms with Gasteiger partial charge in [-0.05, 0) is 45.6 Å². The number of nitrogens with one attached hydrogen (secondary N) is 1. The van der Waals surface area contributed by atoms with Crippen LogP contribution in [0.2, 0.25) is 0 Å². The molecule has 1 amide bonds. The van der Waals surface area contributed by atoms with Gasteiger partial charge in [0.15, 0.2) is 0 Å². The molecular weight excluding hydrogens is 392 g/mol. The van der Waals surface area contributed by atoms with Crippen LogP contribution >= 0.6 is 28.3 Å². The summed E-state index contributed by atoms with van der Waals surface area (Å²) in [4.78, 5) is 12.0. The number of amides is 1. The van der Waals surface area contributed by atoms with E-state index in [2.05, 4.69) is 21.2 Å². The summed E-state index contributed by atoms with van der Waals surface area (Å²) in [6, 6.07) is 15.4. The highest BCUT2D eigenvalue weighted by Gasteiger charge is 2.08. The molecule has 0 saturated carbocycles. The summed E-state index contributed by atoms with van der Waals surface area (Å²) in [5.74, 6) is 0.787. The van der Waals surface area contributed by atoms with E-state index in [-0.39, 0.29) is 24.4 Å².